The van der Waals surface area contributed by atoms with Crippen molar-refractivity contribution in [2.24, 2.45) is 0 Å². The molecular weight excluding hydrogens is 375 g/mol. The third kappa shape index (κ3) is 3.86. The van der Waals surface area contributed by atoms with E-state index in [-0.39, 0.29) is 17.6 Å². The summed E-state index contributed by atoms with van der Waals surface area (Å²) in [6.45, 7) is 3.24. The van der Waals surface area contributed by atoms with Gasteiger partial charge in [-0.25, -0.2) is 4.98 Å². The van der Waals surface area contributed by atoms with Crippen molar-refractivity contribution in [1.29, 1.82) is 0 Å². The molecule has 138 valence electrons. The number of carbonyl (C=O) groups is 2. The number of hydrogen-bond acceptors (Lipinski definition) is 3. The van der Waals surface area contributed by atoms with E-state index < -0.39 is 0 Å². The molecule has 8 heteroatoms. The number of hydrogen-bond donors (Lipinski definition) is 2. The zero-order chi connectivity index (χ0) is 18.7. The zero-order valence-corrected chi connectivity index (χ0v) is 16.0. The van der Waals surface area contributed by atoms with Crippen LogP contribution >= 0.6 is 23.2 Å². The van der Waals surface area contributed by atoms with Crippen molar-refractivity contribution in [2.45, 2.75) is 39.2 Å². The van der Waals surface area contributed by atoms with Gasteiger partial charge in [0, 0.05) is 18.8 Å². The maximum atomic E-state index is 12.7. The Morgan fingerprint density at radius 2 is 2.00 bits per heavy atom. The average Bonchev–Trinajstić information content (AvgIpc) is 3.03. The molecule has 1 aromatic carbocycles. The Morgan fingerprint density at radius 3 is 2.73 bits per heavy atom. The van der Waals surface area contributed by atoms with Gasteiger partial charge < -0.3 is 15.2 Å². The van der Waals surface area contributed by atoms with E-state index in [4.69, 9.17) is 23.2 Å². The molecule has 26 heavy (non-hydrogen) atoms. The van der Waals surface area contributed by atoms with Crippen LogP contribution in [0.4, 0.5) is 5.69 Å². The van der Waals surface area contributed by atoms with Gasteiger partial charge >= 0.3 is 0 Å². The molecule has 0 unspecified atom stereocenters. The molecule has 0 atom stereocenters. The minimum atomic E-state index is -0.374. The molecule has 2 heterocycles. The highest BCUT2D eigenvalue weighted by atomic mass is 35.5. The van der Waals surface area contributed by atoms with Gasteiger partial charge in [-0.15, -0.1) is 0 Å². The minimum Gasteiger partial charge on any atom is -0.351 e. The lowest BCUT2D eigenvalue weighted by molar-refractivity contribution is 0.0947. The van der Waals surface area contributed by atoms with E-state index in [0.717, 1.165) is 31.4 Å². The molecule has 2 aromatic rings. The van der Waals surface area contributed by atoms with Crippen molar-refractivity contribution >= 4 is 40.7 Å². The van der Waals surface area contributed by atoms with Crippen LogP contribution in [0.1, 0.15) is 53.0 Å². The van der Waals surface area contributed by atoms with E-state index in [1.807, 2.05) is 11.5 Å². The number of amides is 2. The van der Waals surface area contributed by atoms with Crippen LogP contribution in [0.3, 0.4) is 0 Å². The fourth-order valence-electron chi connectivity index (χ4n) is 2.98. The Bertz CT molecular complexity index is 848. The van der Waals surface area contributed by atoms with Gasteiger partial charge in [0.15, 0.2) is 5.82 Å². The number of rotatable bonds is 5. The highest BCUT2D eigenvalue weighted by molar-refractivity contribution is 6.42. The van der Waals surface area contributed by atoms with Crippen LogP contribution in [0, 0.1) is 0 Å². The summed E-state index contributed by atoms with van der Waals surface area (Å²) in [5, 5.41) is 6.38. The second-order valence-electron chi connectivity index (χ2n) is 6.18. The molecule has 1 aliphatic heterocycles. The molecule has 0 radical (unpaired) electrons. The van der Waals surface area contributed by atoms with Crippen molar-refractivity contribution in [1.82, 2.24) is 14.9 Å². The van der Waals surface area contributed by atoms with Crippen LogP contribution in [0.15, 0.2) is 18.2 Å². The molecule has 2 N–H and O–H groups in total. The smallest absolute Gasteiger partial charge is 0.291 e. The largest absolute Gasteiger partial charge is 0.351 e. The van der Waals surface area contributed by atoms with Gasteiger partial charge in [-0.2, -0.15) is 0 Å². The van der Waals surface area contributed by atoms with Gasteiger partial charge in [-0.05, 0) is 43.9 Å². The number of anilines is 1. The lowest BCUT2D eigenvalue weighted by Crippen LogP contribution is -2.26. The summed E-state index contributed by atoms with van der Waals surface area (Å²) in [7, 11) is 0. The first-order chi connectivity index (χ1) is 12.5. The number of benzene rings is 1. The van der Waals surface area contributed by atoms with Crippen molar-refractivity contribution in [2.75, 3.05) is 11.9 Å². The van der Waals surface area contributed by atoms with Crippen molar-refractivity contribution in [3.8, 4) is 0 Å². The Balaban J connectivity index is 1.88. The number of fused-ring (bicyclic) bond motifs is 1. The second kappa shape index (κ2) is 8.10. The van der Waals surface area contributed by atoms with Gasteiger partial charge in [0.2, 0.25) is 0 Å². The Kier molecular flexibility index (Phi) is 5.84. The van der Waals surface area contributed by atoms with Crippen LogP contribution < -0.4 is 10.6 Å². The number of aromatic nitrogens is 2. The highest BCUT2D eigenvalue weighted by Crippen LogP contribution is 2.26. The normalized spacial score (nSPS) is 13.2. The lowest BCUT2D eigenvalue weighted by atomic mass is 10.1. The predicted molar refractivity (Wildman–Crippen MR) is 102 cm³/mol. The molecule has 0 saturated carbocycles. The summed E-state index contributed by atoms with van der Waals surface area (Å²) >= 11 is 11.9. The van der Waals surface area contributed by atoms with E-state index in [2.05, 4.69) is 15.6 Å². The second-order valence-corrected chi connectivity index (χ2v) is 6.99. The van der Waals surface area contributed by atoms with Crippen molar-refractivity contribution < 1.29 is 9.59 Å². The van der Waals surface area contributed by atoms with Crippen LogP contribution in [0.25, 0.3) is 0 Å². The first kappa shape index (κ1) is 18.7. The summed E-state index contributed by atoms with van der Waals surface area (Å²) in [5.74, 6) is -0.361. The van der Waals surface area contributed by atoms with Crippen molar-refractivity contribution in [3.05, 3.63) is 45.5 Å². The number of carbonyl (C=O) groups excluding carboxylic acids is 2. The summed E-state index contributed by atoms with van der Waals surface area (Å²) in [6, 6.07) is 4.86. The number of halogens is 2. The van der Waals surface area contributed by atoms with E-state index in [9.17, 15) is 9.59 Å². The molecule has 1 aliphatic rings. The lowest BCUT2D eigenvalue weighted by Gasteiger charge is -2.17. The summed E-state index contributed by atoms with van der Waals surface area (Å²) < 4.78 is 1.84. The predicted octanol–water partition coefficient (Wildman–Crippen LogP) is 3.92. The molecule has 2 amide bonds. The zero-order valence-electron chi connectivity index (χ0n) is 14.4. The summed E-state index contributed by atoms with van der Waals surface area (Å²) in [5.41, 5.74) is 1.69. The van der Waals surface area contributed by atoms with Gasteiger partial charge in [0.05, 0.1) is 15.7 Å². The van der Waals surface area contributed by atoms with E-state index in [0.29, 0.717) is 34.5 Å². The SMILES string of the molecule is CCCNC(=O)c1nc(C(=O)Nc2ccc(Cl)c(Cl)c2)n2c1CCCC2. The minimum absolute atomic E-state index is 0.230. The first-order valence-electron chi connectivity index (χ1n) is 8.65. The summed E-state index contributed by atoms with van der Waals surface area (Å²) in [4.78, 5) is 29.5. The van der Waals surface area contributed by atoms with E-state index in [1.54, 1.807) is 18.2 Å². The molecule has 0 saturated heterocycles. The van der Waals surface area contributed by atoms with Crippen LogP contribution in [-0.4, -0.2) is 27.9 Å². The fourth-order valence-corrected chi connectivity index (χ4v) is 3.28. The van der Waals surface area contributed by atoms with Gasteiger partial charge in [-0.3, -0.25) is 9.59 Å². The van der Waals surface area contributed by atoms with Crippen LogP contribution in [0.2, 0.25) is 10.0 Å². The molecule has 6 nitrogen and oxygen atoms in total. The molecule has 3 rings (SSSR count). The van der Waals surface area contributed by atoms with Crippen LogP contribution in [-0.2, 0) is 13.0 Å². The Hall–Kier alpha value is -2.05. The quantitative estimate of drug-likeness (QED) is 0.806. The Morgan fingerprint density at radius 1 is 1.19 bits per heavy atom. The third-order valence-corrected chi connectivity index (χ3v) is 4.99. The number of nitrogens with one attached hydrogen (secondary N) is 2. The van der Waals surface area contributed by atoms with Crippen molar-refractivity contribution in [3.63, 3.8) is 0 Å². The average molecular weight is 395 g/mol. The van der Waals surface area contributed by atoms with Gasteiger partial charge in [-0.1, -0.05) is 30.1 Å². The summed E-state index contributed by atoms with van der Waals surface area (Å²) in [6.07, 6.45) is 3.51. The molecule has 0 bridgehead atoms. The van der Waals surface area contributed by atoms with Crippen LogP contribution in [0.5, 0.6) is 0 Å². The fraction of sp³-hybridized carbons (Fsp3) is 0.389. The topological polar surface area (TPSA) is 76.0 Å². The monoisotopic (exact) mass is 394 g/mol. The van der Waals surface area contributed by atoms with E-state index >= 15 is 0 Å². The van der Waals surface area contributed by atoms with Gasteiger partial charge in [0.1, 0.15) is 5.69 Å². The third-order valence-electron chi connectivity index (χ3n) is 4.25. The molecule has 0 aliphatic carbocycles. The standard InChI is InChI=1S/C18H20Cl2N4O2/c1-2-8-21-17(25)15-14-5-3-4-9-24(14)16(23-15)18(26)22-11-6-7-12(19)13(20)10-11/h6-7,10H,2-5,8-9H2,1H3,(H,21,25)(H,22,26). The molecule has 1 aromatic heterocycles. The Labute approximate surface area is 161 Å². The molecule has 0 spiro atoms. The molecule has 0 fully saturated rings. The number of nitrogens with zero attached hydrogens (tertiary/aromatic N) is 2. The molecular formula is C18H20Cl2N4O2. The van der Waals surface area contributed by atoms with E-state index in [1.165, 1.54) is 0 Å². The van der Waals surface area contributed by atoms with Gasteiger partial charge in [0.25, 0.3) is 11.8 Å². The maximum absolute atomic E-state index is 12.7. The number of imidazole rings is 1. The maximum Gasteiger partial charge on any atom is 0.291 e. The highest BCUT2D eigenvalue weighted by Gasteiger charge is 2.27. The first-order valence-corrected chi connectivity index (χ1v) is 9.41.